The maximum atomic E-state index is 12.2. The highest BCUT2D eigenvalue weighted by molar-refractivity contribution is 5.89. The third kappa shape index (κ3) is 2.90. The standard InChI is InChI=1S/C8H7F3N2O2/c1-2-15-7(14)5-3-6(8(9,10)11)13-12-4-5/h3-4H,2H2,1H3. The van der Waals surface area contributed by atoms with Gasteiger partial charge in [-0.15, -0.1) is 5.10 Å². The second kappa shape index (κ2) is 4.24. The smallest absolute Gasteiger partial charge is 0.435 e. The first-order valence-corrected chi connectivity index (χ1v) is 4.02. The zero-order chi connectivity index (χ0) is 11.5. The van der Waals surface area contributed by atoms with Crippen molar-refractivity contribution in [2.75, 3.05) is 6.61 Å². The summed E-state index contributed by atoms with van der Waals surface area (Å²) in [7, 11) is 0. The van der Waals surface area contributed by atoms with E-state index in [1.165, 1.54) is 0 Å². The topological polar surface area (TPSA) is 52.1 Å². The number of halogens is 3. The molecule has 0 spiro atoms. The van der Waals surface area contributed by atoms with Gasteiger partial charge in [-0.3, -0.25) is 0 Å². The Labute approximate surface area is 83.1 Å². The largest absolute Gasteiger partial charge is 0.462 e. The Morgan fingerprint density at radius 2 is 2.20 bits per heavy atom. The van der Waals surface area contributed by atoms with Gasteiger partial charge < -0.3 is 4.74 Å². The van der Waals surface area contributed by atoms with Crippen LogP contribution in [0.2, 0.25) is 0 Å². The first-order valence-electron chi connectivity index (χ1n) is 4.02. The zero-order valence-corrected chi connectivity index (χ0v) is 7.71. The lowest BCUT2D eigenvalue weighted by Gasteiger charge is -2.05. The van der Waals surface area contributed by atoms with Crippen molar-refractivity contribution in [2.45, 2.75) is 13.1 Å². The van der Waals surface area contributed by atoms with Crippen LogP contribution in [-0.2, 0) is 10.9 Å². The molecule has 1 aromatic rings. The Kier molecular flexibility index (Phi) is 3.23. The highest BCUT2D eigenvalue weighted by Crippen LogP contribution is 2.27. The van der Waals surface area contributed by atoms with Gasteiger partial charge in [0.15, 0.2) is 5.69 Å². The molecular weight excluding hydrogens is 213 g/mol. The molecule has 7 heteroatoms. The van der Waals surface area contributed by atoms with Gasteiger partial charge in [-0.05, 0) is 13.0 Å². The molecule has 15 heavy (non-hydrogen) atoms. The van der Waals surface area contributed by atoms with Gasteiger partial charge in [-0.2, -0.15) is 18.3 Å². The van der Waals surface area contributed by atoms with Gasteiger partial charge in [0.05, 0.1) is 18.4 Å². The molecule has 0 saturated carbocycles. The average Bonchev–Trinajstić information content (AvgIpc) is 2.17. The number of alkyl halides is 3. The molecule has 0 aliphatic heterocycles. The second-order valence-electron chi connectivity index (χ2n) is 2.55. The quantitative estimate of drug-likeness (QED) is 0.711. The van der Waals surface area contributed by atoms with Crippen molar-refractivity contribution in [2.24, 2.45) is 0 Å². The fourth-order valence-electron chi connectivity index (χ4n) is 0.831. The SMILES string of the molecule is CCOC(=O)c1cnnc(C(F)(F)F)c1. The van der Waals surface area contributed by atoms with Crippen LogP contribution in [0.15, 0.2) is 12.3 Å². The summed E-state index contributed by atoms with van der Waals surface area (Å²) in [6, 6.07) is 0.602. The fraction of sp³-hybridized carbons (Fsp3) is 0.375. The van der Waals surface area contributed by atoms with Crippen LogP contribution in [0.1, 0.15) is 23.0 Å². The molecule has 1 rings (SSSR count). The van der Waals surface area contributed by atoms with Crippen molar-refractivity contribution < 1.29 is 22.7 Å². The van der Waals surface area contributed by atoms with E-state index in [2.05, 4.69) is 14.9 Å². The summed E-state index contributed by atoms with van der Waals surface area (Å²) < 4.78 is 41.0. The number of aromatic nitrogens is 2. The Morgan fingerprint density at radius 1 is 1.53 bits per heavy atom. The van der Waals surface area contributed by atoms with Gasteiger partial charge >= 0.3 is 12.1 Å². The molecule has 0 fully saturated rings. The fourth-order valence-corrected chi connectivity index (χ4v) is 0.831. The summed E-state index contributed by atoms with van der Waals surface area (Å²) in [4.78, 5) is 11.1. The van der Waals surface area contributed by atoms with Crippen molar-refractivity contribution >= 4 is 5.97 Å². The number of carbonyl (C=O) groups is 1. The minimum atomic E-state index is -4.62. The average molecular weight is 220 g/mol. The summed E-state index contributed by atoms with van der Waals surface area (Å²) in [5, 5.41) is 5.95. The lowest BCUT2D eigenvalue weighted by molar-refractivity contribution is -0.141. The van der Waals surface area contributed by atoms with Crippen molar-refractivity contribution in [1.82, 2.24) is 10.2 Å². The Hall–Kier alpha value is -1.66. The highest BCUT2D eigenvalue weighted by Gasteiger charge is 2.33. The van der Waals surface area contributed by atoms with Crippen molar-refractivity contribution in [3.63, 3.8) is 0 Å². The normalized spacial score (nSPS) is 11.2. The number of carbonyl (C=O) groups excluding carboxylic acids is 1. The van der Waals surface area contributed by atoms with E-state index in [-0.39, 0.29) is 12.2 Å². The summed E-state index contributed by atoms with van der Waals surface area (Å²) in [6.07, 6.45) is -3.69. The summed E-state index contributed by atoms with van der Waals surface area (Å²) in [6.45, 7) is 1.64. The van der Waals surface area contributed by atoms with Crippen LogP contribution in [0.3, 0.4) is 0 Å². The molecule has 0 saturated heterocycles. The summed E-state index contributed by atoms with van der Waals surface area (Å²) in [5.41, 5.74) is -1.48. The Balaban J connectivity index is 2.98. The zero-order valence-electron chi connectivity index (χ0n) is 7.71. The van der Waals surface area contributed by atoms with Crippen molar-refractivity contribution in [1.29, 1.82) is 0 Å². The summed E-state index contributed by atoms with van der Waals surface area (Å²) in [5.74, 6) is -0.849. The third-order valence-electron chi connectivity index (χ3n) is 1.46. The van der Waals surface area contributed by atoms with Crippen LogP contribution in [0, 0.1) is 0 Å². The number of hydrogen-bond acceptors (Lipinski definition) is 4. The number of rotatable bonds is 2. The van der Waals surface area contributed by atoms with Gasteiger partial charge in [-0.25, -0.2) is 4.79 Å². The van der Waals surface area contributed by atoms with E-state index in [1.807, 2.05) is 0 Å². The molecule has 4 nitrogen and oxygen atoms in total. The maximum absolute atomic E-state index is 12.2. The van der Waals surface area contributed by atoms with E-state index in [9.17, 15) is 18.0 Å². The van der Waals surface area contributed by atoms with Crippen LogP contribution >= 0.6 is 0 Å². The summed E-state index contributed by atoms with van der Waals surface area (Å²) >= 11 is 0. The molecule has 0 bridgehead atoms. The van der Waals surface area contributed by atoms with Gasteiger partial charge in [0.2, 0.25) is 0 Å². The van der Waals surface area contributed by atoms with Gasteiger partial charge in [0.1, 0.15) is 0 Å². The molecule has 0 amide bonds. The molecule has 0 unspecified atom stereocenters. The van der Waals surface area contributed by atoms with E-state index in [4.69, 9.17) is 0 Å². The first kappa shape index (κ1) is 11.4. The molecule has 0 N–H and O–H groups in total. The lowest BCUT2D eigenvalue weighted by atomic mass is 10.2. The van der Waals surface area contributed by atoms with Crippen LogP contribution in [-0.4, -0.2) is 22.8 Å². The Bertz CT molecular complexity index is 365. The van der Waals surface area contributed by atoms with Crippen molar-refractivity contribution in [3.05, 3.63) is 23.5 Å². The minimum Gasteiger partial charge on any atom is -0.462 e. The molecule has 0 aliphatic carbocycles. The van der Waals surface area contributed by atoms with Crippen LogP contribution in [0.25, 0.3) is 0 Å². The van der Waals surface area contributed by atoms with Crippen LogP contribution in [0.5, 0.6) is 0 Å². The maximum Gasteiger partial charge on any atom is 0.435 e. The minimum absolute atomic E-state index is 0.0858. The number of nitrogens with zero attached hydrogens (tertiary/aromatic N) is 2. The van der Waals surface area contributed by atoms with E-state index >= 15 is 0 Å². The molecule has 1 heterocycles. The Morgan fingerprint density at radius 3 is 2.73 bits per heavy atom. The van der Waals surface area contributed by atoms with Gasteiger partial charge in [-0.1, -0.05) is 0 Å². The highest BCUT2D eigenvalue weighted by atomic mass is 19.4. The van der Waals surface area contributed by atoms with E-state index in [0.29, 0.717) is 6.07 Å². The van der Waals surface area contributed by atoms with E-state index < -0.39 is 17.8 Å². The van der Waals surface area contributed by atoms with Gasteiger partial charge in [0, 0.05) is 0 Å². The second-order valence-corrected chi connectivity index (χ2v) is 2.55. The monoisotopic (exact) mass is 220 g/mol. The van der Waals surface area contributed by atoms with Crippen LogP contribution < -0.4 is 0 Å². The third-order valence-corrected chi connectivity index (χ3v) is 1.46. The molecule has 1 aromatic heterocycles. The molecular formula is C8H7F3N2O2. The molecule has 82 valence electrons. The van der Waals surface area contributed by atoms with E-state index in [0.717, 1.165) is 6.20 Å². The number of ether oxygens (including phenoxy) is 1. The first-order chi connectivity index (χ1) is 6.95. The molecule has 0 radical (unpaired) electrons. The van der Waals surface area contributed by atoms with Crippen LogP contribution in [0.4, 0.5) is 13.2 Å². The lowest BCUT2D eigenvalue weighted by Crippen LogP contribution is -2.12. The van der Waals surface area contributed by atoms with Gasteiger partial charge in [0.25, 0.3) is 0 Å². The predicted octanol–water partition coefficient (Wildman–Crippen LogP) is 1.67. The molecule has 0 aromatic carbocycles. The number of hydrogen-bond donors (Lipinski definition) is 0. The van der Waals surface area contributed by atoms with Crippen molar-refractivity contribution in [3.8, 4) is 0 Å². The van der Waals surface area contributed by atoms with E-state index in [1.54, 1.807) is 6.92 Å². The number of esters is 1. The predicted molar refractivity (Wildman–Crippen MR) is 43.0 cm³/mol. The molecule has 0 atom stereocenters. The molecule has 0 aliphatic rings.